The lowest BCUT2D eigenvalue weighted by Crippen LogP contribution is -2.43. The molecule has 0 aromatic heterocycles. The van der Waals surface area contributed by atoms with E-state index in [0.29, 0.717) is 13.0 Å². The first kappa shape index (κ1) is 14.0. The summed E-state index contributed by atoms with van der Waals surface area (Å²) in [5.41, 5.74) is 4.50. The third-order valence-corrected chi connectivity index (χ3v) is 3.85. The van der Waals surface area contributed by atoms with Crippen molar-refractivity contribution >= 4 is 17.6 Å². The van der Waals surface area contributed by atoms with Crippen LogP contribution < -0.4 is 5.73 Å². The van der Waals surface area contributed by atoms with E-state index >= 15 is 0 Å². The third kappa shape index (κ3) is 2.63. The first-order valence-electron chi connectivity index (χ1n) is 6.41. The molecule has 2 N–H and O–H groups in total. The Morgan fingerprint density at radius 3 is 2.84 bits per heavy atom. The molecule has 0 saturated carbocycles. The summed E-state index contributed by atoms with van der Waals surface area (Å²) in [7, 11) is 0. The SMILES string of the molecule is CC(C)(C[CH]C(=O)N1CC[C@@H]2OCC(=O)C21)C(N)=O. The van der Waals surface area contributed by atoms with Gasteiger partial charge in [-0.1, -0.05) is 13.8 Å². The molecule has 2 aliphatic rings. The quantitative estimate of drug-likeness (QED) is 0.754. The van der Waals surface area contributed by atoms with Gasteiger partial charge in [-0.25, -0.2) is 0 Å². The largest absolute Gasteiger partial charge is 0.369 e. The van der Waals surface area contributed by atoms with Crippen molar-refractivity contribution in [3.63, 3.8) is 0 Å². The lowest BCUT2D eigenvalue weighted by atomic mass is 9.87. The maximum Gasteiger partial charge on any atom is 0.227 e. The van der Waals surface area contributed by atoms with Gasteiger partial charge in [0, 0.05) is 12.0 Å². The summed E-state index contributed by atoms with van der Waals surface area (Å²) in [6.07, 6.45) is 2.24. The molecule has 2 fully saturated rings. The maximum atomic E-state index is 12.1. The summed E-state index contributed by atoms with van der Waals surface area (Å²) in [6.45, 7) is 3.99. The zero-order chi connectivity index (χ0) is 14.2. The number of fused-ring (bicyclic) bond motifs is 1. The van der Waals surface area contributed by atoms with Crippen LogP contribution in [0, 0.1) is 11.8 Å². The van der Waals surface area contributed by atoms with Gasteiger partial charge in [0.15, 0.2) is 5.78 Å². The Morgan fingerprint density at radius 2 is 2.21 bits per heavy atom. The van der Waals surface area contributed by atoms with Gasteiger partial charge in [0.2, 0.25) is 11.8 Å². The van der Waals surface area contributed by atoms with Crippen LogP contribution >= 0.6 is 0 Å². The maximum absolute atomic E-state index is 12.1. The standard InChI is InChI=1S/C13H19N2O4/c1-13(2,12(14)18)5-3-10(17)15-6-4-9-11(15)8(16)7-19-9/h3,9,11H,4-7H2,1-2H3,(H2,14,18)/t9-,11?/m0/s1. The van der Waals surface area contributed by atoms with E-state index in [0.717, 1.165) is 0 Å². The molecule has 6 heteroatoms. The summed E-state index contributed by atoms with van der Waals surface area (Å²) >= 11 is 0. The summed E-state index contributed by atoms with van der Waals surface area (Å²) in [5.74, 6) is -0.713. The zero-order valence-corrected chi connectivity index (χ0v) is 11.2. The number of ether oxygens (including phenoxy) is 1. The molecule has 2 atom stereocenters. The number of carbonyl (C=O) groups is 3. The molecule has 6 nitrogen and oxygen atoms in total. The summed E-state index contributed by atoms with van der Waals surface area (Å²) in [4.78, 5) is 36.5. The van der Waals surface area contributed by atoms with Crippen molar-refractivity contribution in [3.8, 4) is 0 Å². The molecule has 2 heterocycles. The zero-order valence-electron chi connectivity index (χ0n) is 11.2. The number of nitrogens with zero attached hydrogens (tertiary/aromatic N) is 1. The molecule has 0 spiro atoms. The van der Waals surface area contributed by atoms with Crippen molar-refractivity contribution in [2.75, 3.05) is 13.2 Å². The highest BCUT2D eigenvalue weighted by atomic mass is 16.5. The molecule has 0 aliphatic carbocycles. The number of carbonyl (C=O) groups excluding carboxylic acids is 3. The first-order chi connectivity index (χ1) is 8.83. The second kappa shape index (κ2) is 4.92. The second-order valence-corrected chi connectivity index (χ2v) is 5.74. The van der Waals surface area contributed by atoms with Crippen molar-refractivity contribution in [2.45, 2.75) is 38.8 Å². The molecular weight excluding hydrogens is 248 g/mol. The number of nitrogens with two attached hydrogens (primary N) is 1. The van der Waals surface area contributed by atoms with Crippen molar-refractivity contribution in [2.24, 2.45) is 11.1 Å². The molecule has 1 unspecified atom stereocenters. The van der Waals surface area contributed by atoms with Crippen molar-refractivity contribution in [1.29, 1.82) is 0 Å². The minimum Gasteiger partial charge on any atom is -0.369 e. The Bertz CT molecular complexity index is 419. The molecule has 0 aromatic carbocycles. The van der Waals surface area contributed by atoms with Gasteiger partial charge in [-0.15, -0.1) is 0 Å². The number of likely N-dealkylation sites (tertiary alicyclic amines) is 1. The minimum atomic E-state index is -0.759. The van der Waals surface area contributed by atoms with Gasteiger partial charge in [0.05, 0.1) is 12.5 Å². The Labute approximate surface area is 112 Å². The van der Waals surface area contributed by atoms with E-state index < -0.39 is 17.4 Å². The van der Waals surface area contributed by atoms with Crippen molar-refractivity contribution in [1.82, 2.24) is 4.90 Å². The van der Waals surface area contributed by atoms with Crippen molar-refractivity contribution < 1.29 is 19.1 Å². The van der Waals surface area contributed by atoms with Crippen LogP contribution in [0.25, 0.3) is 0 Å². The van der Waals surface area contributed by atoms with Gasteiger partial charge in [-0.3, -0.25) is 14.4 Å². The average molecular weight is 267 g/mol. The number of ketones is 1. The molecule has 2 rings (SSSR count). The van der Waals surface area contributed by atoms with Crippen LogP contribution in [-0.2, 0) is 19.1 Å². The topological polar surface area (TPSA) is 89.7 Å². The van der Waals surface area contributed by atoms with Gasteiger partial charge in [0.1, 0.15) is 12.6 Å². The van der Waals surface area contributed by atoms with Crippen LogP contribution in [-0.4, -0.2) is 47.8 Å². The van der Waals surface area contributed by atoms with E-state index in [2.05, 4.69) is 0 Å². The molecule has 0 aromatic rings. The van der Waals surface area contributed by atoms with Gasteiger partial charge in [-0.05, 0) is 12.8 Å². The number of rotatable bonds is 4. The van der Waals surface area contributed by atoms with Gasteiger partial charge in [-0.2, -0.15) is 0 Å². The second-order valence-electron chi connectivity index (χ2n) is 5.74. The number of hydrogen-bond acceptors (Lipinski definition) is 4. The average Bonchev–Trinajstić information content (AvgIpc) is 2.90. The fourth-order valence-electron chi connectivity index (χ4n) is 2.40. The van der Waals surface area contributed by atoms with Crippen LogP contribution in [0.2, 0.25) is 0 Å². The van der Waals surface area contributed by atoms with E-state index in [9.17, 15) is 14.4 Å². The minimum absolute atomic E-state index is 0.0431. The van der Waals surface area contributed by atoms with Crippen LogP contribution in [0.4, 0.5) is 0 Å². The van der Waals surface area contributed by atoms with Crippen LogP contribution in [0.15, 0.2) is 0 Å². The molecule has 19 heavy (non-hydrogen) atoms. The highest BCUT2D eigenvalue weighted by Gasteiger charge is 2.46. The third-order valence-electron chi connectivity index (χ3n) is 3.85. The normalized spacial score (nSPS) is 26.6. The highest BCUT2D eigenvalue weighted by molar-refractivity contribution is 5.95. The smallest absolute Gasteiger partial charge is 0.227 e. The van der Waals surface area contributed by atoms with E-state index in [1.807, 2.05) is 0 Å². The Hall–Kier alpha value is -1.43. The molecule has 2 amide bonds. The first-order valence-corrected chi connectivity index (χ1v) is 6.41. The van der Waals surface area contributed by atoms with E-state index in [1.54, 1.807) is 13.8 Å². The number of amides is 2. The van der Waals surface area contributed by atoms with Crippen LogP contribution in [0.5, 0.6) is 0 Å². The fourth-order valence-corrected chi connectivity index (χ4v) is 2.40. The number of hydrogen-bond donors (Lipinski definition) is 1. The van der Waals surface area contributed by atoms with E-state index in [-0.39, 0.29) is 30.8 Å². The summed E-state index contributed by atoms with van der Waals surface area (Å²) < 4.78 is 5.32. The summed E-state index contributed by atoms with van der Waals surface area (Å²) in [5, 5.41) is 0. The number of Topliss-reactive ketones (excluding diaryl/α,β-unsaturated/α-hetero) is 1. The van der Waals surface area contributed by atoms with Crippen molar-refractivity contribution in [3.05, 3.63) is 6.42 Å². The van der Waals surface area contributed by atoms with Gasteiger partial charge < -0.3 is 15.4 Å². The molecule has 105 valence electrons. The fraction of sp³-hybridized carbons (Fsp3) is 0.692. The molecular formula is C13H19N2O4. The lowest BCUT2D eigenvalue weighted by Gasteiger charge is -2.24. The highest BCUT2D eigenvalue weighted by Crippen LogP contribution is 2.29. The Balaban J connectivity index is 1.94. The molecule has 2 saturated heterocycles. The predicted molar refractivity (Wildman–Crippen MR) is 66.8 cm³/mol. The van der Waals surface area contributed by atoms with E-state index in [1.165, 1.54) is 11.3 Å². The van der Waals surface area contributed by atoms with E-state index in [4.69, 9.17) is 10.5 Å². The van der Waals surface area contributed by atoms with Gasteiger partial charge in [0.25, 0.3) is 0 Å². The lowest BCUT2D eigenvalue weighted by molar-refractivity contribution is -0.134. The number of primary amides is 1. The predicted octanol–water partition coefficient (Wildman–Crippen LogP) is -0.339. The molecule has 0 bridgehead atoms. The molecule has 2 aliphatic heterocycles. The molecule has 1 radical (unpaired) electrons. The van der Waals surface area contributed by atoms with Crippen LogP contribution in [0.3, 0.4) is 0 Å². The Morgan fingerprint density at radius 1 is 1.53 bits per heavy atom. The summed E-state index contributed by atoms with van der Waals surface area (Å²) in [6, 6.07) is -0.444. The Kier molecular flexibility index (Phi) is 3.62. The van der Waals surface area contributed by atoms with Crippen LogP contribution in [0.1, 0.15) is 26.7 Å². The monoisotopic (exact) mass is 267 g/mol. The van der Waals surface area contributed by atoms with Gasteiger partial charge >= 0.3 is 0 Å².